The lowest BCUT2D eigenvalue weighted by atomic mass is 10.1. The van der Waals surface area contributed by atoms with E-state index in [1.54, 1.807) is 6.07 Å². The summed E-state index contributed by atoms with van der Waals surface area (Å²) in [6, 6.07) is 1.33. The predicted octanol–water partition coefficient (Wildman–Crippen LogP) is 1.17. The number of rotatable bonds is 5. The van der Waals surface area contributed by atoms with Crippen molar-refractivity contribution in [1.29, 1.82) is 0 Å². The molecular weight excluding hydrogens is 192 g/mol. The van der Waals surface area contributed by atoms with E-state index in [9.17, 15) is 4.79 Å². The Morgan fingerprint density at radius 2 is 2.47 bits per heavy atom. The molecule has 1 atom stereocenters. The zero-order valence-corrected chi connectivity index (χ0v) is 9.21. The molecule has 0 aliphatic carbocycles. The minimum atomic E-state index is -0.443. The van der Waals surface area contributed by atoms with Gasteiger partial charge in [0.1, 0.15) is 0 Å². The molecular formula is C10H18N4O. The zero-order chi connectivity index (χ0) is 11.3. The van der Waals surface area contributed by atoms with Crippen LogP contribution in [-0.2, 0) is 4.79 Å². The van der Waals surface area contributed by atoms with Crippen LogP contribution in [0.2, 0.25) is 0 Å². The van der Waals surface area contributed by atoms with Crippen LogP contribution in [0.1, 0.15) is 31.9 Å². The number of aromatic amines is 1. The van der Waals surface area contributed by atoms with Crippen molar-refractivity contribution in [3.8, 4) is 0 Å². The highest BCUT2D eigenvalue weighted by atomic mass is 16.2. The number of aromatic nitrogens is 2. The first-order valence-corrected chi connectivity index (χ1v) is 5.22. The van der Waals surface area contributed by atoms with Crippen LogP contribution in [0.15, 0.2) is 6.07 Å². The van der Waals surface area contributed by atoms with Crippen molar-refractivity contribution in [2.24, 2.45) is 5.73 Å². The van der Waals surface area contributed by atoms with Gasteiger partial charge in [0.2, 0.25) is 5.91 Å². The Morgan fingerprint density at radius 1 is 1.73 bits per heavy atom. The van der Waals surface area contributed by atoms with E-state index in [2.05, 4.69) is 22.4 Å². The molecule has 5 nitrogen and oxygen atoms in total. The number of aryl methyl sites for hydroxylation is 1. The molecule has 1 heterocycles. The van der Waals surface area contributed by atoms with Crippen LogP contribution in [-0.4, -0.2) is 22.1 Å². The maximum absolute atomic E-state index is 11.5. The van der Waals surface area contributed by atoms with Crippen molar-refractivity contribution < 1.29 is 4.79 Å². The number of H-pyrrole nitrogens is 1. The molecule has 0 bridgehead atoms. The maximum Gasteiger partial charge on any atom is 0.242 e. The van der Waals surface area contributed by atoms with E-state index in [4.69, 9.17) is 5.73 Å². The molecule has 1 amide bonds. The van der Waals surface area contributed by atoms with Gasteiger partial charge in [-0.1, -0.05) is 19.8 Å². The van der Waals surface area contributed by atoms with Crippen LogP contribution in [0.5, 0.6) is 0 Å². The van der Waals surface area contributed by atoms with E-state index in [-0.39, 0.29) is 5.91 Å². The quantitative estimate of drug-likeness (QED) is 0.682. The smallest absolute Gasteiger partial charge is 0.242 e. The highest BCUT2D eigenvalue weighted by Gasteiger charge is 2.13. The molecule has 5 heteroatoms. The molecule has 0 saturated carbocycles. The molecule has 4 N–H and O–H groups in total. The Labute approximate surface area is 89.4 Å². The lowest BCUT2D eigenvalue weighted by molar-refractivity contribution is -0.117. The highest BCUT2D eigenvalue weighted by molar-refractivity contribution is 5.93. The third-order valence-corrected chi connectivity index (χ3v) is 2.16. The molecule has 1 aromatic rings. The van der Waals surface area contributed by atoms with E-state index in [1.807, 2.05) is 6.92 Å². The second-order valence-corrected chi connectivity index (χ2v) is 3.67. The van der Waals surface area contributed by atoms with Crippen molar-refractivity contribution in [2.45, 2.75) is 39.2 Å². The average molecular weight is 210 g/mol. The number of hydrogen-bond donors (Lipinski definition) is 3. The predicted molar refractivity (Wildman–Crippen MR) is 59.5 cm³/mol. The van der Waals surface area contributed by atoms with Crippen molar-refractivity contribution in [2.75, 3.05) is 5.32 Å². The Hall–Kier alpha value is -1.36. The molecule has 1 aromatic heterocycles. The van der Waals surface area contributed by atoms with Gasteiger partial charge in [-0.05, 0) is 13.3 Å². The Morgan fingerprint density at radius 3 is 3.00 bits per heavy atom. The molecule has 1 rings (SSSR count). The fourth-order valence-electron chi connectivity index (χ4n) is 1.26. The zero-order valence-electron chi connectivity index (χ0n) is 9.21. The molecule has 0 aliphatic heterocycles. The van der Waals surface area contributed by atoms with Crippen LogP contribution < -0.4 is 11.1 Å². The fraction of sp³-hybridized carbons (Fsp3) is 0.600. The summed E-state index contributed by atoms with van der Waals surface area (Å²) in [5, 5.41) is 9.32. The van der Waals surface area contributed by atoms with E-state index in [0.717, 1.165) is 18.5 Å². The summed E-state index contributed by atoms with van der Waals surface area (Å²) in [5.74, 6) is 0.361. The summed E-state index contributed by atoms with van der Waals surface area (Å²) in [7, 11) is 0. The normalized spacial score (nSPS) is 12.5. The average Bonchev–Trinajstić information content (AvgIpc) is 2.60. The monoisotopic (exact) mass is 210 g/mol. The third-order valence-electron chi connectivity index (χ3n) is 2.16. The number of carbonyl (C=O) groups is 1. The van der Waals surface area contributed by atoms with E-state index in [1.165, 1.54) is 0 Å². The molecule has 0 radical (unpaired) electrons. The number of amides is 1. The number of nitrogens with one attached hydrogen (secondary N) is 2. The number of unbranched alkanes of at least 4 members (excludes halogenated alkanes) is 1. The Balaban J connectivity index is 2.41. The molecule has 0 aliphatic rings. The van der Waals surface area contributed by atoms with Crippen molar-refractivity contribution in [1.82, 2.24) is 10.2 Å². The van der Waals surface area contributed by atoms with Crippen LogP contribution in [0.3, 0.4) is 0 Å². The lowest BCUT2D eigenvalue weighted by Crippen LogP contribution is -2.35. The van der Waals surface area contributed by atoms with Crippen molar-refractivity contribution >= 4 is 11.7 Å². The Kier molecular flexibility index (Phi) is 4.30. The standard InChI is InChI=1S/C10H18N4O/c1-3-4-5-8(11)10(15)12-9-6-7(2)13-14-9/h6,8H,3-5,11H2,1-2H3,(H2,12,13,14,15). The summed E-state index contributed by atoms with van der Waals surface area (Å²) in [5.41, 5.74) is 6.62. The van der Waals surface area contributed by atoms with Gasteiger partial charge < -0.3 is 11.1 Å². The number of nitrogens with two attached hydrogens (primary N) is 1. The van der Waals surface area contributed by atoms with Gasteiger partial charge in [0.25, 0.3) is 0 Å². The minimum absolute atomic E-state index is 0.171. The first kappa shape index (κ1) is 11.7. The van der Waals surface area contributed by atoms with Crippen LogP contribution >= 0.6 is 0 Å². The lowest BCUT2D eigenvalue weighted by Gasteiger charge is -2.09. The summed E-state index contributed by atoms with van der Waals surface area (Å²) in [4.78, 5) is 11.5. The molecule has 15 heavy (non-hydrogen) atoms. The van der Waals surface area contributed by atoms with Gasteiger partial charge in [0, 0.05) is 11.8 Å². The van der Waals surface area contributed by atoms with E-state index < -0.39 is 6.04 Å². The molecule has 84 valence electrons. The van der Waals surface area contributed by atoms with Gasteiger partial charge in [-0.25, -0.2) is 0 Å². The summed E-state index contributed by atoms with van der Waals surface area (Å²) in [6.45, 7) is 3.95. The number of anilines is 1. The summed E-state index contributed by atoms with van der Waals surface area (Å²) >= 11 is 0. The molecule has 1 unspecified atom stereocenters. The van der Waals surface area contributed by atoms with Crippen molar-refractivity contribution in [3.63, 3.8) is 0 Å². The summed E-state index contributed by atoms with van der Waals surface area (Å²) < 4.78 is 0. The molecule has 0 spiro atoms. The fourth-order valence-corrected chi connectivity index (χ4v) is 1.26. The van der Waals surface area contributed by atoms with E-state index >= 15 is 0 Å². The first-order chi connectivity index (χ1) is 7.13. The van der Waals surface area contributed by atoms with Gasteiger partial charge in [0.15, 0.2) is 5.82 Å². The molecule has 0 fully saturated rings. The highest BCUT2D eigenvalue weighted by Crippen LogP contribution is 2.05. The molecule has 0 aromatic carbocycles. The van der Waals surface area contributed by atoms with E-state index in [0.29, 0.717) is 12.2 Å². The van der Waals surface area contributed by atoms with Crippen LogP contribution in [0.4, 0.5) is 5.82 Å². The number of carbonyl (C=O) groups excluding carboxylic acids is 1. The second-order valence-electron chi connectivity index (χ2n) is 3.67. The van der Waals surface area contributed by atoms with Gasteiger partial charge in [-0.2, -0.15) is 5.10 Å². The maximum atomic E-state index is 11.5. The number of hydrogen-bond acceptors (Lipinski definition) is 3. The largest absolute Gasteiger partial charge is 0.320 e. The first-order valence-electron chi connectivity index (χ1n) is 5.22. The SMILES string of the molecule is CCCCC(N)C(=O)Nc1cc(C)[nH]n1. The molecule has 0 saturated heterocycles. The van der Waals surface area contributed by atoms with Gasteiger partial charge >= 0.3 is 0 Å². The minimum Gasteiger partial charge on any atom is -0.320 e. The van der Waals surface area contributed by atoms with Gasteiger partial charge in [0.05, 0.1) is 6.04 Å². The Bertz CT molecular complexity index is 321. The van der Waals surface area contributed by atoms with Gasteiger partial charge in [-0.15, -0.1) is 0 Å². The topological polar surface area (TPSA) is 83.8 Å². The summed E-state index contributed by atoms with van der Waals surface area (Å²) in [6.07, 6.45) is 2.72. The third kappa shape index (κ3) is 3.71. The van der Waals surface area contributed by atoms with Crippen LogP contribution in [0, 0.1) is 6.92 Å². The second kappa shape index (κ2) is 5.50. The van der Waals surface area contributed by atoms with Crippen molar-refractivity contribution in [3.05, 3.63) is 11.8 Å². The van der Waals surface area contributed by atoms with Crippen LogP contribution in [0.25, 0.3) is 0 Å². The van der Waals surface area contributed by atoms with Gasteiger partial charge in [-0.3, -0.25) is 9.89 Å². The number of nitrogens with zero attached hydrogens (tertiary/aromatic N) is 1.